The molecule has 0 spiro atoms. The number of thioether (sulfide) groups is 1. The molecule has 0 fully saturated rings. The lowest BCUT2D eigenvalue weighted by atomic mass is 10.1. The van der Waals surface area contributed by atoms with Gasteiger partial charge in [-0.2, -0.15) is 0 Å². The Hall–Kier alpha value is -3.47. The first-order chi connectivity index (χ1) is 15.3. The molecule has 1 amide bonds. The largest absolute Gasteiger partial charge is 0.573 e. The minimum Gasteiger partial charge on any atom is -0.497 e. The molecule has 0 aliphatic carbocycles. The SMILES string of the molecule is COc1ccc(-c2ccc(SCC(=O)Nc3ccc(OC(F)(F)F)cc3)nn2)c(OC)c1. The molecular formula is C21H18F3N3O4S. The van der Waals surface area contributed by atoms with E-state index in [1.807, 2.05) is 6.07 Å². The quantitative estimate of drug-likeness (QED) is 0.479. The molecule has 0 aliphatic heterocycles. The molecule has 1 heterocycles. The number of methoxy groups -OCH3 is 2. The van der Waals surface area contributed by atoms with Gasteiger partial charge in [0, 0.05) is 17.3 Å². The van der Waals surface area contributed by atoms with Crippen LogP contribution in [0.5, 0.6) is 17.2 Å². The molecule has 0 unspecified atom stereocenters. The highest BCUT2D eigenvalue weighted by molar-refractivity contribution is 7.99. The van der Waals surface area contributed by atoms with E-state index in [4.69, 9.17) is 9.47 Å². The number of carbonyl (C=O) groups is 1. The lowest BCUT2D eigenvalue weighted by Gasteiger charge is -2.10. The second-order valence-electron chi connectivity index (χ2n) is 6.23. The van der Waals surface area contributed by atoms with Gasteiger partial charge >= 0.3 is 6.36 Å². The Balaban J connectivity index is 1.56. The molecule has 0 aliphatic rings. The highest BCUT2D eigenvalue weighted by Crippen LogP contribution is 2.32. The summed E-state index contributed by atoms with van der Waals surface area (Å²) in [6.07, 6.45) is -4.77. The van der Waals surface area contributed by atoms with Crippen LogP contribution in [0, 0.1) is 0 Å². The van der Waals surface area contributed by atoms with Crippen molar-refractivity contribution in [1.29, 1.82) is 0 Å². The molecule has 0 bridgehead atoms. The average Bonchev–Trinajstić information content (AvgIpc) is 2.78. The zero-order chi connectivity index (χ0) is 23.1. The van der Waals surface area contributed by atoms with Crippen LogP contribution in [0.2, 0.25) is 0 Å². The Morgan fingerprint density at radius 3 is 2.28 bits per heavy atom. The van der Waals surface area contributed by atoms with Crippen molar-refractivity contribution in [1.82, 2.24) is 10.2 Å². The van der Waals surface area contributed by atoms with E-state index in [0.29, 0.717) is 27.9 Å². The molecule has 0 saturated carbocycles. The van der Waals surface area contributed by atoms with Gasteiger partial charge in [-0.05, 0) is 48.5 Å². The number of rotatable bonds is 8. The van der Waals surface area contributed by atoms with Crippen molar-refractivity contribution in [3.05, 3.63) is 54.6 Å². The number of hydrogen-bond acceptors (Lipinski definition) is 7. The summed E-state index contributed by atoms with van der Waals surface area (Å²) in [7, 11) is 3.11. The molecule has 168 valence electrons. The Morgan fingerprint density at radius 2 is 1.69 bits per heavy atom. The zero-order valence-electron chi connectivity index (χ0n) is 17.0. The highest BCUT2D eigenvalue weighted by atomic mass is 32.2. The number of halogens is 3. The maximum Gasteiger partial charge on any atom is 0.573 e. The van der Waals surface area contributed by atoms with Crippen molar-refractivity contribution in [2.45, 2.75) is 11.4 Å². The molecule has 0 saturated heterocycles. The monoisotopic (exact) mass is 465 g/mol. The molecule has 3 rings (SSSR count). The predicted molar refractivity (Wildman–Crippen MR) is 113 cm³/mol. The minimum absolute atomic E-state index is 0.0423. The summed E-state index contributed by atoms with van der Waals surface area (Å²) >= 11 is 1.17. The first kappa shape index (κ1) is 23.2. The van der Waals surface area contributed by atoms with Crippen LogP contribution >= 0.6 is 11.8 Å². The van der Waals surface area contributed by atoms with Crippen molar-refractivity contribution in [3.8, 4) is 28.5 Å². The van der Waals surface area contributed by atoms with Crippen LogP contribution in [0.25, 0.3) is 11.3 Å². The van der Waals surface area contributed by atoms with E-state index in [-0.39, 0.29) is 17.4 Å². The van der Waals surface area contributed by atoms with Gasteiger partial charge in [-0.3, -0.25) is 4.79 Å². The number of anilines is 1. The normalized spacial score (nSPS) is 11.0. The third-order valence-corrected chi connectivity index (χ3v) is 4.97. The number of benzene rings is 2. The van der Waals surface area contributed by atoms with Crippen LogP contribution in [0.15, 0.2) is 59.6 Å². The predicted octanol–water partition coefficient (Wildman–Crippen LogP) is 4.79. The summed E-state index contributed by atoms with van der Waals surface area (Å²) in [5, 5.41) is 11.4. The van der Waals surface area contributed by atoms with Crippen molar-refractivity contribution < 1.29 is 32.2 Å². The molecule has 3 aromatic rings. The summed E-state index contributed by atoms with van der Waals surface area (Å²) in [5.74, 6) is 0.570. The Morgan fingerprint density at radius 1 is 0.969 bits per heavy atom. The topological polar surface area (TPSA) is 82.6 Å². The second kappa shape index (κ2) is 10.2. The lowest BCUT2D eigenvalue weighted by Crippen LogP contribution is -2.17. The van der Waals surface area contributed by atoms with Crippen LogP contribution < -0.4 is 19.5 Å². The van der Waals surface area contributed by atoms with Gasteiger partial charge in [0.15, 0.2) is 0 Å². The standard InChI is InChI=1S/C21H18F3N3O4S/c1-29-15-7-8-16(18(11-15)30-2)17-9-10-20(27-26-17)32-12-19(28)25-13-3-5-14(6-4-13)31-21(22,23)24/h3-11H,12H2,1-2H3,(H,25,28). The summed E-state index contributed by atoms with van der Waals surface area (Å²) in [6.45, 7) is 0. The molecule has 0 atom stereocenters. The first-order valence-electron chi connectivity index (χ1n) is 9.12. The van der Waals surface area contributed by atoms with E-state index in [0.717, 1.165) is 17.7 Å². The van der Waals surface area contributed by atoms with Gasteiger partial charge in [0.25, 0.3) is 0 Å². The highest BCUT2D eigenvalue weighted by Gasteiger charge is 2.30. The zero-order valence-corrected chi connectivity index (χ0v) is 17.8. The first-order valence-corrected chi connectivity index (χ1v) is 10.1. The summed E-state index contributed by atoms with van der Waals surface area (Å²) in [4.78, 5) is 12.1. The Bertz CT molecular complexity index is 1060. The van der Waals surface area contributed by atoms with Crippen molar-refractivity contribution in [2.75, 3.05) is 25.3 Å². The van der Waals surface area contributed by atoms with Gasteiger partial charge in [0.2, 0.25) is 5.91 Å². The van der Waals surface area contributed by atoms with Crippen LogP contribution in [0.4, 0.5) is 18.9 Å². The molecule has 1 N–H and O–H groups in total. The molecule has 0 radical (unpaired) electrons. The smallest absolute Gasteiger partial charge is 0.497 e. The summed E-state index contributed by atoms with van der Waals surface area (Å²) in [5.41, 5.74) is 1.69. The molecule has 1 aromatic heterocycles. The van der Waals surface area contributed by atoms with E-state index in [9.17, 15) is 18.0 Å². The van der Waals surface area contributed by atoms with Crippen LogP contribution in [0.3, 0.4) is 0 Å². The van der Waals surface area contributed by atoms with Gasteiger partial charge in [0.1, 0.15) is 22.3 Å². The maximum atomic E-state index is 12.2. The van der Waals surface area contributed by atoms with Gasteiger partial charge < -0.3 is 19.5 Å². The van der Waals surface area contributed by atoms with Gasteiger partial charge in [-0.1, -0.05) is 11.8 Å². The molecule has 11 heteroatoms. The number of nitrogens with one attached hydrogen (secondary N) is 1. The Kier molecular flexibility index (Phi) is 7.41. The van der Waals surface area contributed by atoms with Crippen LogP contribution in [-0.4, -0.2) is 42.4 Å². The molecule has 32 heavy (non-hydrogen) atoms. The van der Waals surface area contributed by atoms with Crippen LogP contribution in [0.1, 0.15) is 0 Å². The molecular weight excluding hydrogens is 447 g/mol. The number of nitrogens with zero attached hydrogens (tertiary/aromatic N) is 2. The van der Waals surface area contributed by atoms with E-state index in [1.165, 1.54) is 23.9 Å². The fraction of sp³-hybridized carbons (Fsp3) is 0.190. The summed E-state index contributed by atoms with van der Waals surface area (Å²) in [6, 6.07) is 13.7. The third-order valence-electron chi connectivity index (χ3n) is 4.05. The number of aromatic nitrogens is 2. The number of hydrogen-bond donors (Lipinski definition) is 1. The number of ether oxygens (including phenoxy) is 3. The van der Waals surface area contributed by atoms with Crippen molar-refractivity contribution in [2.24, 2.45) is 0 Å². The maximum absolute atomic E-state index is 12.2. The van der Waals surface area contributed by atoms with Crippen LogP contribution in [-0.2, 0) is 4.79 Å². The van der Waals surface area contributed by atoms with Crippen molar-refractivity contribution >= 4 is 23.4 Å². The minimum atomic E-state index is -4.77. The fourth-order valence-electron chi connectivity index (χ4n) is 2.63. The van der Waals surface area contributed by atoms with E-state index in [1.54, 1.807) is 38.5 Å². The number of carbonyl (C=O) groups excluding carboxylic acids is 1. The number of alkyl halides is 3. The van der Waals surface area contributed by atoms with Gasteiger partial charge in [-0.15, -0.1) is 23.4 Å². The van der Waals surface area contributed by atoms with E-state index >= 15 is 0 Å². The third kappa shape index (κ3) is 6.51. The number of amides is 1. The molecule has 2 aromatic carbocycles. The fourth-order valence-corrected chi connectivity index (χ4v) is 3.24. The second-order valence-corrected chi connectivity index (χ2v) is 7.23. The average molecular weight is 465 g/mol. The Labute approximate surface area is 185 Å². The lowest BCUT2D eigenvalue weighted by molar-refractivity contribution is -0.274. The van der Waals surface area contributed by atoms with Gasteiger partial charge in [0.05, 0.1) is 25.7 Å². The van der Waals surface area contributed by atoms with E-state index < -0.39 is 6.36 Å². The van der Waals surface area contributed by atoms with E-state index in [2.05, 4.69) is 20.3 Å². The van der Waals surface area contributed by atoms with Gasteiger partial charge in [-0.25, -0.2) is 0 Å². The molecule has 7 nitrogen and oxygen atoms in total. The van der Waals surface area contributed by atoms with Crippen molar-refractivity contribution in [3.63, 3.8) is 0 Å². The summed E-state index contributed by atoms with van der Waals surface area (Å²) < 4.78 is 50.9.